The lowest BCUT2D eigenvalue weighted by Gasteiger charge is -2.35. The molecule has 1 N–H and O–H groups in total. The van der Waals surface area contributed by atoms with Crippen molar-refractivity contribution in [2.45, 2.75) is 51.4 Å². The van der Waals surface area contributed by atoms with Crippen LogP contribution in [-0.2, 0) is 10.2 Å². The van der Waals surface area contributed by atoms with Crippen molar-refractivity contribution >= 4 is 5.97 Å². The third kappa shape index (κ3) is 2.47. The van der Waals surface area contributed by atoms with Crippen LogP contribution in [0.15, 0.2) is 6.07 Å². The van der Waals surface area contributed by atoms with Crippen molar-refractivity contribution in [3.63, 3.8) is 0 Å². The summed E-state index contributed by atoms with van der Waals surface area (Å²) in [5.74, 6) is 0.616. The summed E-state index contributed by atoms with van der Waals surface area (Å²) in [6, 6.07) is 1.97. The van der Waals surface area contributed by atoms with Crippen molar-refractivity contribution < 1.29 is 19.4 Å². The van der Waals surface area contributed by atoms with Gasteiger partial charge in [0.05, 0.1) is 19.6 Å². The van der Waals surface area contributed by atoms with Crippen molar-refractivity contribution in [1.82, 2.24) is 0 Å². The Morgan fingerprint density at radius 1 is 1.10 bits per heavy atom. The molecule has 0 radical (unpaired) electrons. The first kappa shape index (κ1) is 15.7. The molecule has 1 aromatic carbocycles. The van der Waals surface area contributed by atoms with Crippen LogP contribution in [0.2, 0.25) is 0 Å². The summed E-state index contributed by atoms with van der Waals surface area (Å²) in [6.07, 6.45) is 4.41. The van der Waals surface area contributed by atoms with E-state index in [1.165, 1.54) is 0 Å². The second-order valence-corrected chi connectivity index (χ2v) is 5.88. The molecule has 4 heteroatoms. The van der Waals surface area contributed by atoms with Gasteiger partial charge < -0.3 is 14.6 Å². The Morgan fingerprint density at radius 2 is 1.67 bits per heavy atom. The number of hydrogen-bond acceptors (Lipinski definition) is 3. The number of ether oxygens (including phenoxy) is 2. The lowest BCUT2D eigenvalue weighted by Crippen LogP contribution is -2.38. The minimum Gasteiger partial charge on any atom is -0.493 e. The fourth-order valence-corrected chi connectivity index (χ4v) is 3.61. The van der Waals surface area contributed by atoms with Gasteiger partial charge >= 0.3 is 5.97 Å². The summed E-state index contributed by atoms with van der Waals surface area (Å²) >= 11 is 0. The molecule has 1 saturated carbocycles. The van der Waals surface area contributed by atoms with Gasteiger partial charge in [-0.25, -0.2) is 0 Å². The number of rotatable bonds is 4. The average Bonchev–Trinajstić information content (AvgIpc) is 2.49. The molecule has 4 nitrogen and oxygen atoms in total. The fourth-order valence-electron chi connectivity index (χ4n) is 3.61. The zero-order valence-electron chi connectivity index (χ0n) is 13.3. The van der Waals surface area contributed by atoms with Crippen molar-refractivity contribution in [2.24, 2.45) is 0 Å². The number of benzene rings is 1. The lowest BCUT2D eigenvalue weighted by atomic mass is 9.68. The van der Waals surface area contributed by atoms with E-state index in [2.05, 4.69) is 0 Å². The Balaban J connectivity index is 2.67. The SMILES string of the molecule is COc1c(C)cc(C2(C(=O)O)CCCCC2)c(C)c1OC. The molecule has 1 aromatic rings. The molecule has 0 bridgehead atoms. The standard InChI is InChI=1S/C17H24O4/c1-11-10-13(12(2)15(21-4)14(11)20-3)17(16(18)19)8-6-5-7-9-17/h10H,5-9H2,1-4H3,(H,18,19). The highest BCUT2D eigenvalue weighted by Gasteiger charge is 2.43. The van der Waals surface area contributed by atoms with Crippen LogP contribution in [0.4, 0.5) is 0 Å². The summed E-state index contributed by atoms with van der Waals surface area (Å²) in [5.41, 5.74) is 1.89. The van der Waals surface area contributed by atoms with Crippen molar-refractivity contribution in [2.75, 3.05) is 14.2 Å². The van der Waals surface area contributed by atoms with Crippen LogP contribution >= 0.6 is 0 Å². The molecular weight excluding hydrogens is 268 g/mol. The Labute approximate surface area is 126 Å². The van der Waals surface area contributed by atoms with Crippen LogP contribution in [0, 0.1) is 13.8 Å². The van der Waals surface area contributed by atoms with Gasteiger partial charge in [-0.2, -0.15) is 0 Å². The maximum Gasteiger partial charge on any atom is 0.314 e. The molecule has 0 amide bonds. The second-order valence-electron chi connectivity index (χ2n) is 5.88. The maximum absolute atomic E-state index is 12.0. The highest BCUT2D eigenvalue weighted by Crippen LogP contribution is 2.46. The molecule has 0 aromatic heterocycles. The minimum atomic E-state index is -0.785. The lowest BCUT2D eigenvalue weighted by molar-refractivity contribution is -0.145. The first-order chi connectivity index (χ1) is 9.97. The molecule has 0 spiro atoms. The number of methoxy groups -OCH3 is 2. The predicted octanol–water partition coefficient (Wildman–Crippen LogP) is 3.61. The van der Waals surface area contributed by atoms with Crippen LogP contribution < -0.4 is 9.47 Å². The van der Waals surface area contributed by atoms with Crippen molar-refractivity contribution in [3.8, 4) is 11.5 Å². The molecule has 116 valence electrons. The molecule has 0 saturated heterocycles. The third-order valence-electron chi connectivity index (χ3n) is 4.71. The van der Waals surface area contributed by atoms with Crippen LogP contribution in [0.5, 0.6) is 11.5 Å². The molecule has 0 atom stereocenters. The molecule has 0 unspecified atom stereocenters. The van der Waals surface area contributed by atoms with E-state index in [0.29, 0.717) is 24.3 Å². The molecular formula is C17H24O4. The highest BCUT2D eigenvalue weighted by molar-refractivity contribution is 5.83. The number of carboxylic acids is 1. The number of aliphatic carboxylic acids is 1. The molecule has 1 aliphatic carbocycles. The van der Waals surface area contributed by atoms with Crippen LogP contribution in [0.3, 0.4) is 0 Å². The summed E-state index contributed by atoms with van der Waals surface area (Å²) in [6.45, 7) is 3.86. The minimum absolute atomic E-state index is 0.652. The first-order valence-corrected chi connectivity index (χ1v) is 7.44. The van der Waals surface area contributed by atoms with Gasteiger partial charge in [0.1, 0.15) is 0 Å². The van der Waals surface area contributed by atoms with Gasteiger partial charge in [-0.05, 0) is 43.4 Å². The summed E-state index contributed by atoms with van der Waals surface area (Å²) in [4.78, 5) is 12.0. The Hall–Kier alpha value is -1.71. The Kier molecular flexibility index (Phi) is 4.45. The van der Waals surface area contributed by atoms with E-state index in [4.69, 9.17) is 9.47 Å². The van der Waals surface area contributed by atoms with Gasteiger partial charge in [-0.15, -0.1) is 0 Å². The second kappa shape index (κ2) is 5.96. The van der Waals surface area contributed by atoms with E-state index in [-0.39, 0.29) is 0 Å². The van der Waals surface area contributed by atoms with Crippen LogP contribution in [0.25, 0.3) is 0 Å². The van der Waals surface area contributed by atoms with E-state index < -0.39 is 11.4 Å². The van der Waals surface area contributed by atoms with Gasteiger partial charge in [-0.1, -0.05) is 25.3 Å². The summed E-state index contributed by atoms with van der Waals surface area (Å²) < 4.78 is 10.9. The normalized spacial score (nSPS) is 17.3. The highest BCUT2D eigenvalue weighted by atomic mass is 16.5. The third-order valence-corrected chi connectivity index (χ3v) is 4.71. The average molecular weight is 292 g/mol. The van der Waals surface area contributed by atoms with E-state index in [1.54, 1.807) is 14.2 Å². The number of carboxylic acid groups (broad SMARTS) is 1. The topological polar surface area (TPSA) is 55.8 Å². The van der Waals surface area contributed by atoms with Crippen molar-refractivity contribution in [3.05, 3.63) is 22.8 Å². The number of hydrogen-bond donors (Lipinski definition) is 1. The van der Waals surface area contributed by atoms with Gasteiger partial charge in [0.15, 0.2) is 11.5 Å². The zero-order valence-corrected chi connectivity index (χ0v) is 13.3. The summed E-state index contributed by atoms with van der Waals surface area (Å²) in [7, 11) is 3.21. The first-order valence-electron chi connectivity index (χ1n) is 7.44. The van der Waals surface area contributed by atoms with E-state index in [9.17, 15) is 9.90 Å². The molecule has 0 aliphatic heterocycles. The predicted molar refractivity (Wildman–Crippen MR) is 81.4 cm³/mol. The van der Waals surface area contributed by atoms with E-state index >= 15 is 0 Å². The van der Waals surface area contributed by atoms with E-state index in [0.717, 1.165) is 36.0 Å². The monoisotopic (exact) mass is 292 g/mol. The van der Waals surface area contributed by atoms with Gasteiger partial charge in [0.25, 0.3) is 0 Å². The largest absolute Gasteiger partial charge is 0.493 e. The number of aryl methyl sites for hydroxylation is 1. The molecule has 1 aliphatic rings. The molecule has 21 heavy (non-hydrogen) atoms. The number of carbonyl (C=O) groups is 1. The molecule has 0 heterocycles. The maximum atomic E-state index is 12.0. The smallest absolute Gasteiger partial charge is 0.314 e. The van der Waals surface area contributed by atoms with E-state index in [1.807, 2.05) is 19.9 Å². The van der Waals surface area contributed by atoms with Gasteiger partial charge in [-0.3, -0.25) is 4.79 Å². The van der Waals surface area contributed by atoms with Crippen LogP contribution in [-0.4, -0.2) is 25.3 Å². The van der Waals surface area contributed by atoms with Gasteiger partial charge in [0, 0.05) is 0 Å². The van der Waals surface area contributed by atoms with Crippen LogP contribution in [0.1, 0.15) is 48.8 Å². The molecule has 2 rings (SSSR count). The quantitative estimate of drug-likeness (QED) is 0.921. The Morgan fingerprint density at radius 3 is 2.14 bits per heavy atom. The molecule has 1 fully saturated rings. The fraction of sp³-hybridized carbons (Fsp3) is 0.588. The van der Waals surface area contributed by atoms with Crippen molar-refractivity contribution in [1.29, 1.82) is 0 Å². The zero-order chi connectivity index (χ0) is 15.6. The Bertz CT molecular complexity index is 542. The summed E-state index contributed by atoms with van der Waals surface area (Å²) in [5, 5.41) is 9.88. The van der Waals surface area contributed by atoms with Gasteiger partial charge in [0.2, 0.25) is 0 Å².